The monoisotopic (exact) mass is 813 g/mol. The van der Waals surface area contributed by atoms with Crippen LogP contribution < -0.4 is 0 Å². The van der Waals surface area contributed by atoms with E-state index in [2.05, 4.69) is 154 Å². The summed E-state index contributed by atoms with van der Waals surface area (Å²) in [7, 11) is -5.72. The summed E-state index contributed by atoms with van der Waals surface area (Å²) >= 11 is 0. The van der Waals surface area contributed by atoms with Gasteiger partial charge in [0.15, 0.2) is 25.0 Å². The molecule has 4 nitrogen and oxygen atoms in total. The molecule has 6 atom stereocenters. The van der Waals surface area contributed by atoms with E-state index in [0.29, 0.717) is 11.8 Å². The van der Waals surface area contributed by atoms with E-state index in [1.54, 1.807) is 11.1 Å². The summed E-state index contributed by atoms with van der Waals surface area (Å²) < 4.78 is 28.8. The van der Waals surface area contributed by atoms with Crippen molar-refractivity contribution in [3.63, 3.8) is 0 Å². The van der Waals surface area contributed by atoms with Crippen molar-refractivity contribution in [2.24, 2.45) is 22.7 Å². The Bertz CT molecular complexity index is 1460. The predicted octanol–water partition coefficient (Wildman–Crippen LogP) is 15.1. The highest BCUT2D eigenvalue weighted by molar-refractivity contribution is 6.74. The maximum Gasteiger partial charge on any atom is 0.192 e. The highest BCUT2D eigenvalue weighted by Gasteiger charge is 2.60. The highest BCUT2D eigenvalue weighted by atomic mass is 28.4. The maximum atomic E-state index is 7.61. The Morgan fingerprint density at radius 3 is 1.87 bits per heavy atom. The van der Waals surface area contributed by atoms with Gasteiger partial charge in [-0.3, -0.25) is 0 Å². The summed E-state index contributed by atoms with van der Waals surface area (Å²) in [6.45, 7) is 45.4. The number of fused-ring (bicyclic) bond motifs is 5. The summed E-state index contributed by atoms with van der Waals surface area (Å²) in [4.78, 5) is 0. The van der Waals surface area contributed by atoms with E-state index in [1.807, 2.05) is 6.26 Å². The van der Waals surface area contributed by atoms with Crippen LogP contribution in [0.5, 0.6) is 0 Å². The molecule has 4 rings (SSSR count). The molecule has 4 aliphatic rings. The SMILES string of the molecule is CCC(CC)(C/C=C\OC(C)(C)C1=CC[C@H]2C3=CC=C4C[C@@H](O[Si](C)(C)C(C)(C)C)C[C@H](O[Si](C)(C)C(C)(C)C)[C@]4(C)[C@H]3CC[C@]12C)O[Si](CC)(CC)CC. The smallest absolute Gasteiger partial charge is 0.192 e. The van der Waals surface area contributed by atoms with Crippen molar-refractivity contribution >= 4 is 25.0 Å². The zero-order valence-corrected chi connectivity index (χ0v) is 42.6. The van der Waals surface area contributed by atoms with E-state index in [9.17, 15) is 0 Å². The Labute approximate surface area is 344 Å². The van der Waals surface area contributed by atoms with Gasteiger partial charge in [-0.05, 0) is 149 Å². The van der Waals surface area contributed by atoms with E-state index in [0.717, 1.165) is 38.5 Å². The first-order valence-corrected chi connectivity index (χ1v) is 31.0. The minimum Gasteiger partial charge on any atom is -0.491 e. The van der Waals surface area contributed by atoms with Crippen molar-refractivity contribution in [3.05, 3.63) is 47.3 Å². The number of hydrogen-bond acceptors (Lipinski definition) is 4. The van der Waals surface area contributed by atoms with Gasteiger partial charge >= 0.3 is 0 Å². The molecule has 0 N–H and O–H groups in total. The third-order valence-corrected chi connectivity index (χ3v) is 30.7. The molecule has 0 bridgehead atoms. The molecule has 316 valence electrons. The van der Waals surface area contributed by atoms with Crippen LogP contribution in [0.15, 0.2) is 47.3 Å². The lowest BCUT2D eigenvalue weighted by atomic mass is 9.49. The fraction of sp³-hybridized carbons (Fsp3) is 0.833. The Balaban J connectivity index is 1.60. The molecular formula is C48H88O4Si3. The zero-order valence-electron chi connectivity index (χ0n) is 39.6. The van der Waals surface area contributed by atoms with Crippen molar-refractivity contribution in [2.45, 2.75) is 233 Å². The molecule has 0 radical (unpaired) electrons. The van der Waals surface area contributed by atoms with Crippen molar-refractivity contribution in [3.8, 4) is 0 Å². The zero-order chi connectivity index (χ0) is 41.7. The average molecular weight is 813 g/mol. The van der Waals surface area contributed by atoms with Gasteiger partial charge in [0.2, 0.25) is 0 Å². The van der Waals surface area contributed by atoms with Gasteiger partial charge < -0.3 is 18.0 Å². The van der Waals surface area contributed by atoms with Gasteiger partial charge in [0.25, 0.3) is 0 Å². The summed E-state index contributed by atoms with van der Waals surface area (Å²) in [5, 5.41) is 0.333. The summed E-state index contributed by atoms with van der Waals surface area (Å²) in [6.07, 6.45) is 20.8. The van der Waals surface area contributed by atoms with E-state index in [1.165, 1.54) is 36.5 Å². The second-order valence-electron chi connectivity index (χ2n) is 22.3. The van der Waals surface area contributed by atoms with Crippen LogP contribution in [0.4, 0.5) is 0 Å². The van der Waals surface area contributed by atoms with Crippen molar-refractivity contribution < 1.29 is 18.0 Å². The first-order chi connectivity index (χ1) is 25.2. The second-order valence-corrected chi connectivity index (χ2v) is 36.5. The fourth-order valence-corrected chi connectivity index (χ4v) is 16.6. The van der Waals surface area contributed by atoms with Gasteiger partial charge in [0.1, 0.15) is 5.60 Å². The summed E-state index contributed by atoms with van der Waals surface area (Å²) in [5.74, 6) is 0.987. The predicted molar refractivity (Wildman–Crippen MR) is 245 cm³/mol. The standard InChI is InChI=1S/C48H88O4Si3/c1-20-48(21-2,52-55(22-3,23-4)24-5)31-25-33-49-45(12,13)41-29-28-39-38-27-26-36-34-37(50-53(16,17)43(6,7)8)35-42(51-54(18,19)44(9,10)11)47(36,15)40(38)30-32-46(39,41)14/h25-27,29,33,37,39-40,42H,20-24,28,30-32,34-35H2,1-19H3/b33-25-/t37-,39+,40+,42+,46+,47+/m1/s1. The average Bonchev–Trinajstić information content (AvgIpc) is 3.46. The minimum atomic E-state index is -2.06. The normalized spacial score (nSPS) is 29.7. The van der Waals surface area contributed by atoms with Gasteiger partial charge in [0, 0.05) is 5.41 Å². The highest BCUT2D eigenvalue weighted by Crippen LogP contribution is 2.66. The number of rotatable bonds is 16. The summed E-state index contributed by atoms with van der Waals surface area (Å²) in [6, 6.07) is 3.56. The first kappa shape index (κ1) is 47.0. The molecule has 2 saturated carbocycles. The molecular weight excluding hydrogens is 725 g/mol. The molecule has 0 heterocycles. The first-order valence-electron chi connectivity index (χ1n) is 22.7. The molecule has 0 aliphatic heterocycles. The minimum absolute atomic E-state index is 0.0212. The number of hydrogen-bond donors (Lipinski definition) is 0. The summed E-state index contributed by atoms with van der Waals surface area (Å²) in [5.41, 5.74) is 4.29. The van der Waals surface area contributed by atoms with E-state index >= 15 is 0 Å². The molecule has 0 saturated heterocycles. The molecule has 0 spiro atoms. The molecule has 4 aliphatic carbocycles. The van der Waals surface area contributed by atoms with E-state index in [-0.39, 0.29) is 44.3 Å². The molecule has 0 amide bonds. The third-order valence-electron chi connectivity index (χ3n) is 16.9. The van der Waals surface area contributed by atoms with Gasteiger partial charge in [-0.15, -0.1) is 0 Å². The van der Waals surface area contributed by atoms with Crippen molar-refractivity contribution in [2.75, 3.05) is 0 Å². The van der Waals surface area contributed by atoms with Crippen molar-refractivity contribution in [1.29, 1.82) is 0 Å². The van der Waals surface area contributed by atoms with Crippen LogP contribution in [0.3, 0.4) is 0 Å². The van der Waals surface area contributed by atoms with Crippen LogP contribution in [0, 0.1) is 22.7 Å². The van der Waals surface area contributed by atoms with Crippen LogP contribution in [0.2, 0.25) is 54.4 Å². The van der Waals surface area contributed by atoms with E-state index < -0.39 is 25.0 Å². The van der Waals surface area contributed by atoms with Crippen LogP contribution in [0.25, 0.3) is 0 Å². The third kappa shape index (κ3) is 8.93. The van der Waals surface area contributed by atoms with Crippen LogP contribution >= 0.6 is 0 Å². The quantitative estimate of drug-likeness (QED) is 0.0884. The Kier molecular flexibility index (Phi) is 14.0. The van der Waals surface area contributed by atoms with Crippen LogP contribution in [-0.2, 0) is 18.0 Å². The Hall–Kier alpha value is -0.709. The lowest BCUT2D eigenvalue weighted by Gasteiger charge is -2.59. The van der Waals surface area contributed by atoms with Crippen LogP contribution in [0.1, 0.15) is 155 Å². The number of ether oxygens (including phenoxy) is 1. The van der Waals surface area contributed by atoms with Crippen LogP contribution in [-0.4, -0.2) is 48.4 Å². The van der Waals surface area contributed by atoms with Crippen molar-refractivity contribution in [1.82, 2.24) is 0 Å². The molecule has 0 aromatic heterocycles. The Morgan fingerprint density at radius 2 is 1.35 bits per heavy atom. The second kappa shape index (κ2) is 16.4. The molecule has 2 fully saturated rings. The lowest BCUT2D eigenvalue weighted by Crippen LogP contribution is -2.58. The fourth-order valence-electron chi connectivity index (χ4n) is 10.6. The molecule has 0 aromatic rings. The molecule has 0 aromatic carbocycles. The lowest BCUT2D eigenvalue weighted by molar-refractivity contribution is -0.0409. The topological polar surface area (TPSA) is 36.9 Å². The molecule has 7 heteroatoms. The number of allylic oxidation sites excluding steroid dienone is 4. The Morgan fingerprint density at radius 1 is 0.782 bits per heavy atom. The van der Waals surface area contributed by atoms with Gasteiger partial charge in [-0.2, -0.15) is 0 Å². The van der Waals surface area contributed by atoms with Gasteiger partial charge in [0.05, 0.1) is 24.1 Å². The van der Waals surface area contributed by atoms with Gasteiger partial charge in [-0.25, -0.2) is 0 Å². The molecule has 55 heavy (non-hydrogen) atoms. The largest absolute Gasteiger partial charge is 0.491 e. The van der Waals surface area contributed by atoms with E-state index in [4.69, 9.17) is 18.0 Å². The van der Waals surface area contributed by atoms with Gasteiger partial charge in [-0.1, -0.05) is 119 Å². The molecule has 0 unspecified atom stereocenters. The maximum absolute atomic E-state index is 7.61.